The standard InChI is InChI=1S/C33H35NO8/c1-6-40-27-10-8-20(16-28(27)39-5)21-14-24-31(25(35)15-21)30(29(19(3)34-24)33(37)41-12-11-38-4)23-17-42-26-9-7-18(2)13-22(26)32(23)36/h7-10,13,16-17,21,30,34H,6,11-12,14-15H2,1-5H3. The molecule has 2 atom stereocenters. The number of carbonyl (C=O) groups is 2. The number of nitrogens with one attached hydrogen (secondary N) is 1. The van der Waals surface area contributed by atoms with E-state index < -0.39 is 11.9 Å². The van der Waals surface area contributed by atoms with Gasteiger partial charge in [-0.05, 0) is 62.9 Å². The molecule has 1 aliphatic carbocycles. The quantitative estimate of drug-likeness (QED) is 0.277. The van der Waals surface area contributed by atoms with Crippen LogP contribution in [0, 0.1) is 6.92 Å². The molecule has 0 saturated carbocycles. The first-order valence-corrected chi connectivity index (χ1v) is 14.0. The molecule has 0 fully saturated rings. The lowest BCUT2D eigenvalue weighted by molar-refractivity contribution is -0.140. The van der Waals surface area contributed by atoms with Gasteiger partial charge in [-0.15, -0.1) is 0 Å². The van der Waals surface area contributed by atoms with Crippen LogP contribution in [0.15, 0.2) is 74.4 Å². The van der Waals surface area contributed by atoms with Crippen LogP contribution in [-0.4, -0.2) is 45.8 Å². The van der Waals surface area contributed by atoms with E-state index in [0.717, 1.165) is 11.1 Å². The van der Waals surface area contributed by atoms with Crippen molar-refractivity contribution >= 4 is 22.7 Å². The van der Waals surface area contributed by atoms with Crippen molar-refractivity contribution in [3.8, 4) is 11.5 Å². The van der Waals surface area contributed by atoms with E-state index >= 15 is 0 Å². The van der Waals surface area contributed by atoms with Crippen LogP contribution in [0.1, 0.15) is 55.2 Å². The molecule has 1 aromatic heterocycles. The van der Waals surface area contributed by atoms with Crippen LogP contribution in [0.5, 0.6) is 11.5 Å². The first-order valence-electron chi connectivity index (χ1n) is 14.0. The number of ketones is 1. The van der Waals surface area contributed by atoms with Crippen molar-refractivity contribution in [1.29, 1.82) is 0 Å². The molecule has 1 aliphatic heterocycles. The number of rotatable bonds is 9. The van der Waals surface area contributed by atoms with Crippen molar-refractivity contribution in [2.24, 2.45) is 0 Å². The molecule has 2 aromatic carbocycles. The van der Waals surface area contributed by atoms with E-state index in [1.165, 1.54) is 13.4 Å². The number of dihydropyridines is 1. The number of Topliss-reactive ketones (excluding diaryl/α,β-unsaturated/α-hetero) is 1. The summed E-state index contributed by atoms with van der Waals surface area (Å²) in [6.45, 7) is 6.30. The number of ether oxygens (including phenoxy) is 4. The average Bonchev–Trinajstić information content (AvgIpc) is 2.97. The molecule has 5 rings (SSSR count). The van der Waals surface area contributed by atoms with Gasteiger partial charge in [-0.1, -0.05) is 17.7 Å². The molecular weight excluding hydrogens is 538 g/mol. The molecule has 220 valence electrons. The minimum Gasteiger partial charge on any atom is -0.493 e. The van der Waals surface area contributed by atoms with Crippen LogP contribution in [0.4, 0.5) is 0 Å². The number of benzene rings is 2. The van der Waals surface area contributed by atoms with Crippen molar-refractivity contribution in [1.82, 2.24) is 5.32 Å². The van der Waals surface area contributed by atoms with Gasteiger partial charge >= 0.3 is 5.97 Å². The van der Waals surface area contributed by atoms with E-state index in [2.05, 4.69) is 5.32 Å². The first-order chi connectivity index (χ1) is 20.3. The van der Waals surface area contributed by atoms with Gasteiger partial charge in [0.15, 0.2) is 22.7 Å². The Bertz CT molecular complexity index is 1660. The number of hydrogen-bond acceptors (Lipinski definition) is 9. The molecule has 2 heterocycles. The molecule has 0 saturated heterocycles. The Hall–Kier alpha value is -4.37. The molecular formula is C33H35NO8. The lowest BCUT2D eigenvalue weighted by Gasteiger charge is -2.36. The number of aryl methyl sites for hydroxylation is 1. The highest BCUT2D eigenvalue weighted by molar-refractivity contribution is 6.04. The lowest BCUT2D eigenvalue weighted by atomic mass is 9.72. The summed E-state index contributed by atoms with van der Waals surface area (Å²) in [6.07, 6.45) is 2.06. The second kappa shape index (κ2) is 12.2. The van der Waals surface area contributed by atoms with Crippen LogP contribution < -0.4 is 20.2 Å². The fraction of sp³-hybridized carbons (Fsp3) is 0.364. The highest BCUT2D eigenvalue weighted by Crippen LogP contribution is 2.46. The van der Waals surface area contributed by atoms with E-state index in [4.69, 9.17) is 23.4 Å². The van der Waals surface area contributed by atoms with Crippen molar-refractivity contribution < 1.29 is 33.0 Å². The molecule has 3 aromatic rings. The van der Waals surface area contributed by atoms with Gasteiger partial charge < -0.3 is 28.7 Å². The van der Waals surface area contributed by atoms with E-state index in [0.29, 0.717) is 52.5 Å². The van der Waals surface area contributed by atoms with Crippen molar-refractivity contribution in [2.75, 3.05) is 34.0 Å². The minimum atomic E-state index is -0.944. The third-order valence-corrected chi connectivity index (χ3v) is 7.79. The highest BCUT2D eigenvalue weighted by Gasteiger charge is 2.43. The zero-order chi connectivity index (χ0) is 30.0. The zero-order valence-electron chi connectivity index (χ0n) is 24.5. The Morgan fingerprint density at radius 3 is 2.57 bits per heavy atom. The Kier molecular flexibility index (Phi) is 8.49. The SMILES string of the molecule is CCOc1ccc(C2CC(=O)C3=C(C2)NC(C)=C(C(=O)OCCOC)C3c2coc3ccc(C)cc3c2=O)cc1OC. The van der Waals surface area contributed by atoms with E-state index in [1.54, 1.807) is 26.2 Å². The monoisotopic (exact) mass is 573 g/mol. The molecule has 9 heteroatoms. The molecule has 2 aliphatic rings. The molecule has 1 N–H and O–H groups in total. The zero-order valence-corrected chi connectivity index (χ0v) is 24.5. The molecule has 0 spiro atoms. The average molecular weight is 574 g/mol. The van der Waals surface area contributed by atoms with Crippen LogP contribution in [0.3, 0.4) is 0 Å². The summed E-state index contributed by atoms with van der Waals surface area (Å²) in [6, 6.07) is 11.1. The molecule has 2 unspecified atom stereocenters. The van der Waals surface area contributed by atoms with Crippen molar-refractivity contribution in [2.45, 2.75) is 45.4 Å². The van der Waals surface area contributed by atoms with Crippen LogP contribution >= 0.6 is 0 Å². The third-order valence-electron chi connectivity index (χ3n) is 7.79. The van der Waals surface area contributed by atoms with Crippen LogP contribution in [0.25, 0.3) is 11.0 Å². The topological polar surface area (TPSA) is 113 Å². The van der Waals surface area contributed by atoms with Gasteiger partial charge in [0, 0.05) is 36.1 Å². The number of fused-ring (bicyclic) bond motifs is 1. The molecule has 42 heavy (non-hydrogen) atoms. The summed E-state index contributed by atoms with van der Waals surface area (Å²) >= 11 is 0. The summed E-state index contributed by atoms with van der Waals surface area (Å²) in [5, 5.41) is 3.70. The second-order valence-electron chi connectivity index (χ2n) is 10.5. The maximum Gasteiger partial charge on any atom is 0.336 e. The second-order valence-corrected chi connectivity index (χ2v) is 10.5. The third kappa shape index (κ3) is 5.44. The van der Waals surface area contributed by atoms with Crippen molar-refractivity contribution in [3.63, 3.8) is 0 Å². The maximum atomic E-state index is 14.0. The summed E-state index contributed by atoms with van der Waals surface area (Å²) in [7, 11) is 3.10. The van der Waals surface area contributed by atoms with Gasteiger partial charge in [-0.2, -0.15) is 0 Å². The predicted octanol–water partition coefficient (Wildman–Crippen LogP) is 5.06. The summed E-state index contributed by atoms with van der Waals surface area (Å²) in [5.41, 5.74) is 3.96. The minimum absolute atomic E-state index is 0.0336. The smallest absolute Gasteiger partial charge is 0.336 e. The Labute approximate surface area is 244 Å². The number of esters is 1. The fourth-order valence-electron chi connectivity index (χ4n) is 5.82. The maximum absolute atomic E-state index is 14.0. The predicted molar refractivity (Wildman–Crippen MR) is 157 cm³/mol. The van der Waals surface area contributed by atoms with Gasteiger partial charge in [-0.25, -0.2) is 4.79 Å². The van der Waals surface area contributed by atoms with E-state index in [1.807, 2.05) is 38.1 Å². The largest absolute Gasteiger partial charge is 0.493 e. The number of allylic oxidation sites excluding steroid dienone is 3. The van der Waals surface area contributed by atoms with Gasteiger partial charge in [-0.3, -0.25) is 9.59 Å². The number of carbonyl (C=O) groups excluding carboxylic acids is 2. The Balaban J connectivity index is 1.61. The van der Waals surface area contributed by atoms with Gasteiger partial charge in [0.1, 0.15) is 12.2 Å². The lowest BCUT2D eigenvalue weighted by Crippen LogP contribution is -2.37. The first kappa shape index (κ1) is 29.1. The fourth-order valence-corrected chi connectivity index (χ4v) is 5.82. The molecule has 9 nitrogen and oxygen atoms in total. The van der Waals surface area contributed by atoms with Gasteiger partial charge in [0.2, 0.25) is 0 Å². The molecule has 0 amide bonds. The Morgan fingerprint density at radius 1 is 1.02 bits per heavy atom. The van der Waals surface area contributed by atoms with E-state index in [9.17, 15) is 14.4 Å². The summed E-state index contributed by atoms with van der Waals surface area (Å²) in [5.74, 6) is -0.644. The van der Waals surface area contributed by atoms with Crippen molar-refractivity contribution in [3.05, 3.63) is 92.1 Å². The van der Waals surface area contributed by atoms with Gasteiger partial charge in [0.05, 0.1) is 43.5 Å². The summed E-state index contributed by atoms with van der Waals surface area (Å²) in [4.78, 5) is 41.4. The van der Waals surface area contributed by atoms with Crippen LogP contribution in [-0.2, 0) is 19.1 Å². The Morgan fingerprint density at radius 2 is 1.83 bits per heavy atom. The summed E-state index contributed by atoms with van der Waals surface area (Å²) < 4.78 is 27.6. The molecule has 0 radical (unpaired) electrons. The number of methoxy groups -OCH3 is 2. The van der Waals surface area contributed by atoms with E-state index in [-0.39, 0.29) is 47.9 Å². The van der Waals surface area contributed by atoms with Crippen LogP contribution in [0.2, 0.25) is 0 Å². The van der Waals surface area contributed by atoms with Gasteiger partial charge in [0.25, 0.3) is 0 Å². The highest BCUT2D eigenvalue weighted by atomic mass is 16.6. The number of hydrogen-bond donors (Lipinski definition) is 1. The normalized spacial score (nSPS) is 18.5. The molecule has 0 bridgehead atoms.